The van der Waals surface area contributed by atoms with Crippen molar-refractivity contribution in [2.75, 3.05) is 13.1 Å². The van der Waals surface area contributed by atoms with E-state index in [2.05, 4.69) is 23.7 Å². The normalized spacial score (nSPS) is 30.9. The summed E-state index contributed by atoms with van der Waals surface area (Å²) in [6.45, 7) is 5.81. The first-order chi connectivity index (χ1) is 7.99. The SMILES string of the molecule is CC1(C)CN(C(N)=NC2CCCC2)CCC1O. The molecule has 0 radical (unpaired) electrons. The molecule has 0 aromatic carbocycles. The molecule has 1 aliphatic heterocycles. The Morgan fingerprint density at radius 2 is 1.94 bits per heavy atom. The summed E-state index contributed by atoms with van der Waals surface area (Å²) in [5.74, 6) is 0.678. The fourth-order valence-corrected chi connectivity index (χ4v) is 2.84. The highest BCUT2D eigenvalue weighted by atomic mass is 16.3. The lowest BCUT2D eigenvalue weighted by Crippen LogP contribution is -2.53. The third-order valence-electron chi connectivity index (χ3n) is 4.14. The molecule has 1 atom stereocenters. The van der Waals surface area contributed by atoms with Gasteiger partial charge in [0.15, 0.2) is 5.96 Å². The first-order valence-electron chi connectivity index (χ1n) is 6.75. The van der Waals surface area contributed by atoms with Crippen LogP contribution in [0.1, 0.15) is 46.0 Å². The number of hydrogen-bond acceptors (Lipinski definition) is 2. The molecular weight excluding hydrogens is 214 g/mol. The fourth-order valence-electron chi connectivity index (χ4n) is 2.84. The van der Waals surface area contributed by atoms with Crippen molar-refractivity contribution in [3.8, 4) is 0 Å². The molecule has 17 heavy (non-hydrogen) atoms. The van der Waals surface area contributed by atoms with Crippen molar-refractivity contribution in [1.29, 1.82) is 0 Å². The van der Waals surface area contributed by atoms with Crippen molar-refractivity contribution in [2.24, 2.45) is 16.1 Å². The smallest absolute Gasteiger partial charge is 0.191 e. The average Bonchev–Trinajstić information content (AvgIpc) is 2.74. The van der Waals surface area contributed by atoms with E-state index in [-0.39, 0.29) is 11.5 Å². The second kappa shape index (κ2) is 4.84. The van der Waals surface area contributed by atoms with Gasteiger partial charge >= 0.3 is 0 Å². The Balaban J connectivity index is 1.97. The number of nitrogens with two attached hydrogens (primary N) is 1. The number of aliphatic imine (C=N–C) groups is 1. The Morgan fingerprint density at radius 1 is 1.29 bits per heavy atom. The Labute approximate surface area is 104 Å². The Bertz CT molecular complexity index is 295. The van der Waals surface area contributed by atoms with Gasteiger partial charge in [-0.1, -0.05) is 26.7 Å². The Morgan fingerprint density at radius 3 is 2.53 bits per heavy atom. The zero-order valence-electron chi connectivity index (χ0n) is 11.0. The van der Waals surface area contributed by atoms with Crippen molar-refractivity contribution in [2.45, 2.75) is 58.1 Å². The quantitative estimate of drug-likeness (QED) is 0.536. The van der Waals surface area contributed by atoms with Crippen LogP contribution in [-0.2, 0) is 0 Å². The van der Waals surface area contributed by atoms with Gasteiger partial charge in [-0.2, -0.15) is 0 Å². The second-order valence-electron chi connectivity index (χ2n) is 6.14. The molecule has 1 aliphatic carbocycles. The summed E-state index contributed by atoms with van der Waals surface area (Å²) in [5.41, 5.74) is 6.00. The minimum Gasteiger partial charge on any atom is -0.392 e. The zero-order chi connectivity index (χ0) is 12.5. The van der Waals surface area contributed by atoms with Crippen LogP contribution >= 0.6 is 0 Å². The van der Waals surface area contributed by atoms with E-state index >= 15 is 0 Å². The highest BCUT2D eigenvalue weighted by Crippen LogP contribution is 2.29. The summed E-state index contributed by atoms with van der Waals surface area (Å²) in [4.78, 5) is 6.76. The zero-order valence-corrected chi connectivity index (χ0v) is 11.0. The van der Waals surface area contributed by atoms with E-state index < -0.39 is 0 Å². The molecule has 0 aromatic heterocycles. The number of guanidine groups is 1. The van der Waals surface area contributed by atoms with Crippen molar-refractivity contribution in [3.63, 3.8) is 0 Å². The Kier molecular flexibility index (Phi) is 3.61. The van der Waals surface area contributed by atoms with Crippen molar-refractivity contribution < 1.29 is 5.11 Å². The molecule has 0 amide bonds. The van der Waals surface area contributed by atoms with E-state index in [0.717, 1.165) is 19.5 Å². The maximum Gasteiger partial charge on any atom is 0.191 e. The van der Waals surface area contributed by atoms with Crippen LogP contribution in [0.4, 0.5) is 0 Å². The predicted molar refractivity (Wildman–Crippen MR) is 69.9 cm³/mol. The van der Waals surface area contributed by atoms with Gasteiger partial charge in [0.2, 0.25) is 0 Å². The maximum absolute atomic E-state index is 9.91. The van der Waals surface area contributed by atoms with Crippen LogP contribution < -0.4 is 5.73 Å². The maximum atomic E-state index is 9.91. The second-order valence-corrected chi connectivity index (χ2v) is 6.14. The summed E-state index contributed by atoms with van der Waals surface area (Å²) in [5, 5.41) is 9.91. The fraction of sp³-hybridized carbons (Fsp3) is 0.923. The van der Waals surface area contributed by atoms with E-state index in [0.29, 0.717) is 12.0 Å². The molecule has 1 saturated carbocycles. The van der Waals surface area contributed by atoms with Crippen LogP contribution in [0.2, 0.25) is 0 Å². The van der Waals surface area contributed by atoms with E-state index in [9.17, 15) is 5.11 Å². The van der Waals surface area contributed by atoms with Gasteiger partial charge in [0, 0.05) is 18.5 Å². The van der Waals surface area contributed by atoms with Crippen LogP contribution in [0.25, 0.3) is 0 Å². The molecule has 1 heterocycles. The number of nitrogens with zero attached hydrogens (tertiary/aromatic N) is 2. The standard InChI is InChI=1S/C13H25N3O/c1-13(2)9-16(8-7-11(13)17)12(14)15-10-5-3-4-6-10/h10-11,17H,3-9H2,1-2H3,(H2,14,15). The molecule has 1 saturated heterocycles. The molecule has 0 aromatic rings. The van der Waals surface area contributed by atoms with Crippen LogP contribution in [0, 0.1) is 5.41 Å². The molecule has 2 rings (SSSR count). The molecule has 98 valence electrons. The van der Waals surface area contributed by atoms with Crippen LogP contribution in [0.5, 0.6) is 0 Å². The van der Waals surface area contributed by atoms with Crippen molar-refractivity contribution >= 4 is 5.96 Å². The van der Waals surface area contributed by atoms with Gasteiger partial charge in [-0.05, 0) is 19.3 Å². The van der Waals surface area contributed by atoms with Crippen LogP contribution in [0.15, 0.2) is 4.99 Å². The lowest BCUT2D eigenvalue weighted by atomic mass is 9.81. The van der Waals surface area contributed by atoms with Gasteiger partial charge in [0.25, 0.3) is 0 Å². The minimum absolute atomic E-state index is 0.0892. The average molecular weight is 239 g/mol. The summed E-state index contributed by atoms with van der Waals surface area (Å²) in [6.07, 6.45) is 5.49. The lowest BCUT2D eigenvalue weighted by Gasteiger charge is -2.42. The largest absolute Gasteiger partial charge is 0.392 e. The summed E-state index contributed by atoms with van der Waals surface area (Å²) < 4.78 is 0. The summed E-state index contributed by atoms with van der Waals surface area (Å²) in [6, 6.07) is 0.435. The molecule has 2 aliphatic rings. The summed E-state index contributed by atoms with van der Waals surface area (Å²) >= 11 is 0. The van der Waals surface area contributed by atoms with Crippen LogP contribution in [0.3, 0.4) is 0 Å². The molecule has 1 unspecified atom stereocenters. The van der Waals surface area contributed by atoms with Crippen molar-refractivity contribution in [1.82, 2.24) is 4.90 Å². The Hall–Kier alpha value is -0.770. The van der Waals surface area contributed by atoms with E-state index in [1.165, 1.54) is 25.7 Å². The molecule has 3 N–H and O–H groups in total. The summed E-state index contributed by atoms with van der Waals surface area (Å²) in [7, 11) is 0. The highest BCUT2D eigenvalue weighted by molar-refractivity contribution is 5.78. The van der Waals surface area contributed by atoms with Gasteiger partial charge in [-0.25, -0.2) is 4.99 Å². The number of piperidine rings is 1. The first kappa shape index (κ1) is 12.7. The molecule has 4 heteroatoms. The number of likely N-dealkylation sites (tertiary alicyclic amines) is 1. The highest BCUT2D eigenvalue weighted by Gasteiger charge is 2.35. The van der Waals surface area contributed by atoms with E-state index in [1.807, 2.05) is 0 Å². The van der Waals surface area contributed by atoms with E-state index in [1.54, 1.807) is 0 Å². The molecule has 4 nitrogen and oxygen atoms in total. The van der Waals surface area contributed by atoms with Crippen molar-refractivity contribution in [3.05, 3.63) is 0 Å². The van der Waals surface area contributed by atoms with Gasteiger partial charge in [-0.3, -0.25) is 0 Å². The number of hydrogen-bond donors (Lipinski definition) is 2. The van der Waals surface area contributed by atoms with Gasteiger partial charge in [-0.15, -0.1) is 0 Å². The number of aliphatic hydroxyl groups is 1. The minimum atomic E-state index is -0.224. The van der Waals surface area contributed by atoms with Crippen LogP contribution in [-0.4, -0.2) is 41.2 Å². The number of aliphatic hydroxyl groups excluding tert-OH is 1. The lowest BCUT2D eigenvalue weighted by molar-refractivity contribution is -0.00449. The van der Waals surface area contributed by atoms with Gasteiger partial charge in [0.05, 0.1) is 12.1 Å². The van der Waals surface area contributed by atoms with Gasteiger partial charge in [0.1, 0.15) is 0 Å². The third kappa shape index (κ3) is 2.92. The molecule has 0 bridgehead atoms. The molecule has 0 spiro atoms. The first-order valence-corrected chi connectivity index (χ1v) is 6.75. The topological polar surface area (TPSA) is 61.8 Å². The molecule has 2 fully saturated rings. The number of rotatable bonds is 1. The molecular formula is C13H25N3O. The third-order valence-corrected chi connectivity index (χ3v) is 4.14. The van der Waals surface area contributed by atoms with Gasteiger partial charge < -0.3 is 15.7 Å². The monoisotopic (exact) mass is 239 g/mol. The predicted octanol–water partition coefficient (Wildman–Crippen LogP) is 1.34. The van der Waals surface area contributed by atoms with E-state index in [4.69, 9.17) is 5.73 Å².